The van der Waals surface area contributed by atoms with Crippen LogP contribution in [0.5, 0.6) is 0 Å². The number of nitrogens with one attached hydrogen (secondary N) is 3. The number of rotatable bonds is 7. The van der Waals surface area contributed by atoms with Crippen LogP contribution < -0.4 is 16.0 Å². The number of amides is 1. The maximum atomic E-state index is 12.6. The van der Waals surface area contributed by atoms with E-state index >= 15 is 0 Å². The highest BCUT2D eigenvalue weighted by Gasteiger charge is 2.21. The molecule has 3 N–H and O–H groups in total. The standard InChI is InChI=1S/C23H21ClN8O/c1-14-2-3-17(30-22(33)15-6-7-25-19(24)10-15)11-18(14)31-23-26-8-9-32(23)21-12-20(27-13-28-21)29-16-4-5-16/h2-3,6-13,16H,4-5H2,1H3,(H,26,31)(H,30,33)(H,27,28,29). The van der Waals surface area contributed by atoms with Gasteiger partial charge in [0.1, 0.15) is 23.1 Å². The van der Waals surface area contributed by atoms with Gasteiger partial charge in [0, 0.05) is 47.6 Å². The number of halogens is 1. The van der Waals surface area contributed by atoms with Gasteiger partial charge in [-0.3, -0.25) is 9.36 Å². The summed E-state index contributed by atoms with van der Waals surface area (Å²) in [6, 6.07) is 11.1. The zero-order valence-corrected chi connectivity index (χ0v) is 18.5. The van der Waals surface area contributed by atoms with Crippen molar-refractivity contribution in [3.8, 4) is 5.82 Å². The highest BCUT2D eigenvalue weighted by atomic mass is 35.5. The Morgan fingerprint density at radius 1 is 1.06 bits per heavy atom. The Kier molecular flexibility index (Phi) is 5.62. The van der Waals surface area contributed by atoms with Crippen LogP contribution >= 0.6 is 11.6 Å². The first-order valence-electron chi connectivity index (χ1n) is 10.5. The van der Waals surface area contributed by atoms with E-state index in [1.165, 1.54) is 18.6 Å². The zero-order chi connectivity index (χ0) is 22.8. The van der Waals surface area contributed by atoms with Crippen LogP contribution in [-0.4, -0.2) is 36.5 Å². The smallest absolute Gasteiger partial charge is 0.255 e. The number of hydrogen-bond donors (Lipinski definition) is 3. The lowest BCUT2D eigenvalue weighted by molar-refractivity contribution is 0.102. The number of carbonyl (C=O) groups is 1. The molecule has 0 spiro atoms. The van der Waals surface area contributed by atoms with Gasteiger partial charge in [-0.05, 0) is 49.6 Å². The normalized spacial score (nSPS) is 12.9. The van der Waals surface area contributed by atoms with Gasteiger partial charge in [-0.25, -0.2) is 19.9 Å². The first-order valence-corrected chi connectivity index (χ1v) is 10.9. The van der Waals surface area contributed by atoms with Crippen molar-refractivity contribution >= 4 is 40.6 Å². The minimum absolute atomic E-state index is 0.265. The Hall–Kier alpha value is -3.98. The summed E-state index contributed by atoms with van der Waals surface area (Å²) in [5, 5.41) is 9.88. The molecule has 0 saturated heterocycles. The van der Waals surface area contributed by atoms with Crippen LogP contribution in [-0.2, 0) is 0 Å². The SMILES string of the molecule is Cc1ccc(NC(=O)c2ccnc(Cl)c2)cc1Nc1nccn1-c1cc(NC2CC2)ncn1. The van der Waals surface area contributed by atoms with Crippen LogP contribution in [0.4, 0.5) is 23.1 Å². The van der Waals surface area contributed by atoms with E-state index in [4.69, 9.17) is 11.6 Å². The summed E-state index contributed by atoms with van der Waals surface area (Å²) >= 11 is 5.90. The van der Waals surface area contributed by atoms with Crippen molar-refractivity contribution in [2.75, 3.05) is 16.0 Å². The minimum Gasteiger partial charge on any atom is -0.367 e. The summed E-state index contributed by atoms with van der Waals surface area (Å²) in [5.41, 5.74) is 2.86. The fourth-order valence-corrected chi connectivity index (χ4v) is 3.45. The summed E-state index contributed by atoms with van der Waals surface area (Å²) in [5.74, 6) is 1.81. The van der Waals surface area contributed by atoms with Crippen LogP contribution in [0, 0.1) is 6.92 Å². The monoisotopic (exact) mass is 460 g/mol. The summed E-state index contributed by atoms with van der Waals surface area (Å²) < 4.78 is 1.85. The first kappa shape index (κ1) is 20.9. The Morgan fingerprint density at radius 3 is 2.76 bits per heavy atom. The average Bonchev–Trinajstić information content (AvgIpc) is 3.50. The fourth-order valence-electron chi connectivity index (χ4n) is 3.28. The van der Waals surface area contributed by atoms with E-state index in [-0.39, 0.29) is 11.1 Å². The zero-order valence-electron chi connectivity index (χ0n) is 17.8. The molecule has 1 aliphatic carbocycles. The van der Waals surface area contributed by atoms with Crippen molar-refractivity contribution in [2.45, 2.75) is 25.8 Å². The quantitative estimate of drug-likeness (QED) is 0.346. The van der Waals surface area contributed by atoms with E-state index < -0.39 is 0 Å². The number of pyridine rings is 1. The van der Waals surface area contributed by atoms with Gasteiger partial charge < -0.3 is 16.0 Å². The summed E-state index contributed by atoms with van der Waals surface area (Å²) in [6.07, 6.45) is 8.90. The molecule has 0 radical (unpaired) electrons. The molecule has 1 amide bonds. The summed E-state index contributed by atoms with van der Waals surface area (Å²) in [7, 11) is 0. The molecular weight excluding hydrogens is 440 g/mol. The third-order valence-electron chi connectivity index (χ3n) is 5.20. The van der Waals surface area contributed by atoms with Crippen LogP contribution in [0.2, 0.25) is 5.15 Å². The Morgan fingerprint density at radius 2 is 1.94 bits per heavy atom. The predicted octanol–water partition coefficient (Wildman–Crippen LogP) is 4.59. The summed E-state index contributed by atoms with van der Waals surface area (Å²) in [6.45, 7) is 1.98. The number of imidazole rings is 1. The molecule has 3 heterocycles. The molecule has 0 aliphatic heterocycles. The largest absolute Gasteiger partial charge is 0.367 e. The summed E-state index contributed by atoms with van der Waals surface area (Å²) in [4.78, 5) is 29.6. The van der Waals surface area contributed by atoms with E-state index in [1.807, 2.05) is 42.0 Å². The molecule has 33 heavy (non-hydrogen) atoms. The van der Waals surface area contributed by atoms with Gasteiger partial charge in [0.15, 0.2) is 0 Å². The van der Waals surface area contributed by atoms with Crippen LogP contribution in [0.3, 0.4) is 0 Å². The van der Waals surface area contributed by atoms with Crippen molar-refractivity contribution in [3.05, 3.63) is 77.6 Å². The molecule has 0 bridgehead atoms. The number of anilines is 4. The van der Waals surface area contributed by atoms with Gasteiger partial charge in [-0.1, -0.05) is 17.7 Å². The molecule has 1 fully saturated rings. The Labute approximate surface area is 195 Å². The number of aryl methyl sites for hydroxylation is 1. The Bertz CT molecular complexity index is 1320. The van der Waals surface area contributed by atoms with Gasteiger partial charge >= 0.3 is 0 Å². The topological polar surface area (TPSA) is 110 Å². The van der Waals surface area contributed by atoms with Gasteiger partial charge in [-0.2, -0.15) is 0 Å². The number of hydrogen-bond acceptors (Lipinski definition) is 7. The van der Waals surface area contributed by atoms with E-state index in [2.05, 4.69) is 35.9 Å². The first-order chi connectivity index (χ1) is 16.0. The molecule has 5 rings (SSSR count). The molecule has 3 aromatic heterocycles. The highest BCUT2D eigenvalue weighted by Crippen LogP contribution is 2.27. The molecule has 4 aromatic rings. The number of carbonyl (C=O) groups excluding carboxylic acids is 1. The Balaban J connectivity index is 1.36. The van der Waals surface area contributed by atoms with E-state index in [0.29, 0.717) is 29.1 Å². The lowest BCUT2D eigenvalue weighted by atomic mass is 10.1. The molecule has 10 heteroatoms. The second kappa shape index (κ2) is 8.87. The van der Waals surface area contributed by atoms with Crippen molar-refractivity contribution in [3.63, 3.8) is 0 Å². The molecule has 9 nitrogen and oxygen atoms in total. The maximum absolute atomic E-state index is 12.6. The molecule has 166 valence electrons. The third kappa shape index (κ3) is 4.93. The number of benzene rings is 1. The third-order valence-corrected chi connectivity index (χ3v) is 5.41. The van der Waals surface area contributed by atoms with Crippen molar-refractivity contribution < 1.29 is 4.79 Å². The molecular formula is C23H21ClN8O. The molecule has 0 unspecified atom stereocenters. The molecule has 1 saturated carbocycles. The van der Waals surface area contributed by atoms with Crippen LogP contribution in [0.1, 0.15) is 28.8 Å². The fraction of sp³-hybridized carbons (Fsp3) is 0.174. The van der Waals surface area contributed by atoms with E-state index in [9.17, 15) is 4.79 Å². The van der Waals surface area contributed by atoms with Gasteiger partial charge in [-0.15, -0.1) is 0 Å². The van der Waals surface area contributed by atoms with Crippen molar-refractivity contribution in [1.82, 2.24) is 24.5 Å². The van der Waals surface area contributed by atoms with Gasteiger partial charge in [0.25, 0.3) is 5.91 Å². The average molecular weight is 461 g/mol. The predicted molar refractivity (Wildman–Crippen MR) is 127 cm³/mol. The minimum atomic E-state index is -0.271. The van der Waals surface area contributed by atoms with E-state index in [0.717, 1.165) is 29.9 Å². The lowest BCUT2D eigenvalue weighted by Gasteiger charge is -2.14. The van der Waals surface area contributed by atoms with Gasteiger partial charge in [0.2, 0.25) is 5.95 Å². The van der Waals surface area contributed by atoms with Gasteiger partial charge in [0.05, 0.1) is 0 Å². The second-order valence-corrected chi connectivity index (χ2v) is 8.16. The van der Waals surface area contributed by atoms with Crippen LogP contribution in [0.15, 0.2) is 61.3 Å². The number of aromatic nitrogens is 5. The molecule has 1 aromatic carbocycles. The number of nitrogens with zero attached hydrogens (tertiary/aromatic N) is 5. The lowest BCUT2D eigenvalue weighted by Crippen LogP contribution is -2.12. The molecule has 1 aliphatic rings. The van der Waals surface area contributed by atoms with Crippen molar-refractivity contribution in [1.29, 1.82) is 0 Å². The second-order valence-electron chi connectivity index (χ2n) is 7.78. The molecule has 0 atom stereocenters. The van der Waals surface area contributed by atoms with Crippen LogP contribution in [0.25, 0.3) is 5.82 Å². The highest BCUT2D eigenvalue weighted by molar-refractivity contribution is 6.29. The van der Waals surface area contributed by atoms with E-state index in [1.54, 1.807) is 12.3 Å². The maximum Gasteiger partial charge on any atom is 0.255 e. The van der Waals surface area contributed by atoms with Crippen molar-refractivity contribution in [2.24, 2.45) is 0 Å².